The highest BCUT2D eigenvalue weighted by molar-refractivity contribution is 14.1. The van der Waals surface area contributed by atoms with Crippen LogP contribution in [0.4, 0.5) is 5.69 Å². The first-order valence-corrected chi connectivity index (χ1v) is 10.2. The minimum absolute atomic E-state index is 0.135. The van der Waals surface area contributed by atoms with Gasteiger partial charge in [0.1, 0.15) is 0 Å². The van der Waals surface area contributed by atoms with E-state index >= 15 is 0 Å². The Kier molecular flexibility index (Phi) is 6.80. The van der Waals surface area contributed by atoms with Crippen LogP contribution in [0.3, 0.4) is 0 Å². The van der Waals surface area contributed by atoms with E-state index in [1.54, 1.807) is 30.2 Å². The molecule has 0 aromatic heterocycles. The molecule has 0 radical (unpaired) electrons. The lowest BCUT2D eigenvalue weighted by Gasteiger charge is -2.27. The molecule has 9 heteroatoms. The van der Waals surface area contributed by atoms with Gasteiger partial charge < -0.3 is 19.1 Å². The molecule has 0 fully saturated rings. The molecular formula is C21H22IN3O5. The Morgan fingerprint density at radius 1 is 1.10 bits per heavy atom. The maximum Gasteiger partial charge on any atom is 0.243 e. The van der Waals surface area contributed by atoms with Crippen molar-refractivity contribution in [3.8, 4) is 11.5 Å². The van der Waals surface area contributed by atoms with Crippen LogP contribution in [0.2, 0.25) is 0 Å². The quantitative estimate of drug-likeness (QED) is 0.544. The van der Waals surface area contributed by atoms with Gasteiger partial charge in [-0.25, -0.2) is 0 Å². The zero-order valence-electron chi connectivity index (χ0n) is 17.1. The molecule has 0 aliphatic carbocycles. The maximum atomic E-state index is 12.3. The molecule has 0 saturated heterocycles. The fourth-order valence-corrected chi connectivity index (χ4v) is 3.40. The van der Waals surface area contributed by atoms with E-state index in [1.807, 2.05) is 24.3 Å². The van der Waals surface area contributed by atoms with E-state index in [9.17, 15) is 9.59 Å². The number of anilines is 1. The number of benzene rings is 2. The Labute approximate surface area is 188 Å². The van der Waals surface area contributed by atoms with Gasteiger partial charge in [0.05, 0.1) is 20.8 Å². The molecule has 30 heavy (non-hydrogen) atoms. The van der Waals surface area contributed by atoms with Crippen LogP contribution in [0.15, 0.2) is 47.6 Å². The maximum absolute atomic E-state index is 12.3. The molecule has 158 valence electrons. The smallest absolute Gasteiger partial charge is 0.243 e. The number of nitrogens with zero attached hydrogens (tertiary/aromatic N) is 3. The third-order valence-corrected chi connectivity index (χ3v) is 5.25. The second kappa shape index (κ2) is 9.33. The Balaban J connectivity index is 1.87. The summed E-state index contributed by atoms with van der Waals surface area (Å²) in [6, 6.07) is 12.8. The average molecular weight is 523 g/mol. The minimum atomic E-state index is -0.756. The molecule has 0 bridgehead atoms. The fraction of sp³-hybridized carbons (Fsp3) is 0.286. The highest BCUT2D eigenvalue weighted by Gasteiger charge is 2.34. The number of rotatable bonds is 6. The fourth-order valence-electron chi connectivity index (χ4n) is 3.04. The van der Waals surface area contributed by atoms with Crippen LogP contribution in [-0.4, -0.2) is 49.7 Å². The van der Waals surface area contributed by atoms with E-state index in [0.717, 1.165) is 9.26 Å². The van der Waals surface area contributed by atoms with Crippen molar-refractivity contribution in [2.24, 2.45) is 5.10 Å². The molecule has 2 aromatic rings. The van der Waals surface area contributed by atoms with Crippen LogP contribution < -0.4 is 14.4 Å². The summed E-state index contributed by atoms with van der Waals surface area (Å²) in [7, 11) is 3.09. The Bertz CT molecular complexity index is 977. The van der Waals surface area contributed by atoms with Crippen molar-refractivity contribution >= 4 is 46.0 Å². The Morgan fingerprint density at radius 3 is 2.33 bits per heavy atom. The molecular weight excluding hydrogens is 501 g/mol. The molecule has 1 atom stereocenters. The first kappa shape index (κ1) is 21.9. The second-order valence-electron chi connectivity index (χ2n) is 6.52. The summed E-state index contributed by atoms with van der Waals surface area (Å²) in [5.41, 5.74) is 1.35. The lowest BCUT2D eigenvalue weighted by molar-refractivity contribution is -0.135. The van der Waals surface area contributed by atoms with Gasteiger partial charge in [-0.1, -0.05) is 0 Å². The second-order valence-corrected chi connectivity index (χ2v) is 7.76. The van der Waals surface area contributed by atoms with E-state index in [2.05, 4.69) is 27.7 Å². The number of carbonyl (C=O) groups excluding carboxylic acids is 2. The van der Waals surface area contributed by atoms with E-state index in [4.69, 9.17) is 14.2 Å². The lowest BCUT2D eigenvalue weighted by atomic mass is 10.2. The number of ether oxygens (including phenoxy) is 3. The van der Waals surface area contributed by atoms with Crippen LogP contribution >= 0.6 is 22.6 Å². The number of hydrogen-bond donors (Lipinski definition) is 0. The largest absolute Gasteiger partial charge is 0.493 e. The van der Waals surface area contributed by atoms with E-state index in [1.165, 1.54) is 26.0 Å². The highest BCUT2D eigenvalue weighted by Crippen LogP contribution is 2.30. The van der Waals surface area contributed by atoms with Gasteiger partial charge in [-0.2, -0.15) is 5.01 Å². The first-order chi connectivity index (χ1) is 14.3. The molecule has 1 aliphatic rings. The molecule has 1 aliphatic heterocycles. The highest BCUT2D eigenvalue weighted by atomic mass is 127. The molecule has 0 saturated carbocycles. The standard InChI is InChI=1S/C21H22IN3O5/c1-13(26)24(17-8-6-16(22)7-9-17)12-20-25(14(2)27)23-21(30-20)15-5-10-18(28-3)19(11-15)29-4/h5-11,20H,12H2,1-4H3/t20-/m0/s1. The van der Waals surface area contributed by atoms with Crippen LogP contribution in [0, 0.1) is 3.57 Å². The summed E-state index contributed by atoms with van der Waals surface area (Å²) in [4.78, 5) is 26.0. The number of halogens is 1. The zero-order valence-corrected chi connectivity index (χ0v) is 19.2. The molecule has 0 unspecified atom stereocenters. The zero-order chi connectivity index (χ0) is 21.8. The summed E-state index contributed by atoms with van der Waals surface area (Å²) >= 11 is 2.20. The van der Waals surface area contributed by atoms with Gasteiger partial charge in [-0.05, 0) is 65.1 Å². The van der Waals surface area contributed by atoms with Crippen molar-refractivity contribution in [2.45, 2.75) is 20.1 Å². The normalized spacial score (nSPS) is 15.3. The van der Waals surface area contributed by atoms with E-state index in [-0.39, 0.29) is 24.3 Å². The van der Waals surface area contributed by atoms with Gasteiger partial charge in [0.15, 0.2) is 11.5 Å². The topological polar surface area (TPSA) is 80.7 Å². The Hall–Kier alpha value is -2.82. The van der Waals surface area contributed by atoms with Crippen molar-refractivity contribution < 1.29 is 23.8 Å². The van der Waals surface area contributed by atoms with Crippen LogP contribution in [0.1, 0.15) is 19.4 Å². The number of hydrogen-bond acceptors (Lipinski definition) is 6. The van der Waals surface area contributed by atoms with Crippen molar-refractivity contribution in [3.05, 3.63) is 51.6 Å². The van der Waals surface area contributed by atoms with Crippen molar-refractivity contribution in [1.29, 1.82) is 0 Å². The van der Waals surface area contributed by atoms with Gasteiger partial charge in [-0.3, -0.25) is 9.59 Å². The summed E-state index contributed by atoms with van der Waals surface area (Å²) in [5.74, 6) is 0.899. The van der Waals surface area contributed by atoms with Gasteiger partial charge in [0.2, 0.25) is 23.9 Å². The van der Waals surface area contributed by atoms with Crippen molar-refractivity contribution in [3.63, 3.8) is 0 Å². The SMILES string of the molecule is COc1ccc(C2=NN(C(C)=O)[C@H](CN(C(C)=O)c3ccc(I)cc3)O2)cc1OC. The number of carbonyl (C=O) groups is 2. The first-order valence-electron chi connectivity index (χ1n) is 9.15. The minimum Gasteiger partial charge on any atom is -0.493 e. The van der Waals surface area contributed by atoms with Gasteiger partial charge in [-0.15, -0.1) is 5.10 Å². The molecule has 0 spiro atoms. The summed E-state index contributed by atoms with van der Waals surface area (Å²) in [6.45, 7) is 3.01. The van der Waals surface area contributed by atoms with Crippen LogP contribution in [0.25, 0.3) is 0 Å². The number of methoxy groups -OCH3 is 2. The molecule has 0 N–H and O–H groups in total. The van der Waals surface area contributed by atoms with Crippen molar-refractivity contribution in [1.82, 2.24) is 5.01 Å². The molecule has 8 nitrogen and oxygen atoms in total. The van der Waals surface area contributed by atoms with Crippen LogP contribution in [0.5, 0.6) is 11.5 Å². The molecule has 1 heterocycles. The van der Waals surface area contributed by atoms with Gasteiger partial charge >= 0.3 is 0 Å². The third-order valence-electron chi connectivity index (χ3n) is 4.53. The van der Waals surface area contributed by atoms with Crippen molar-refractivity contribution in [2.75, 3.05) is 25.7 Å². The van der Waals surface area contributed by atoms with Gasteiger partial charge in [0.25, 0.3) is 0 Å². The number of amides is 2. The average Bonchev–Trinajstić information content (AvgIpc) is 3.16. The van der Waals surface area contributed by atoms with E-state index < -0.39 is 6.23 Å². The summed E-state index contributed by atoms with van der Waals surface area (Å²) < 4.78 is 17.6. The predicted octanol–water partition coefficient (Wildman–Crippen LogP) is 3.23. The van der Waals surface area contributed by atoms with Gasteiger partial charge in [0, 0.05) is 28.7 Å². The molecule has 2 aromatic carbocycles. The third kappa shape index (κ3) is 4.66. The monoisotopic (exact) mass is 523 g/mol. The molecule has 2 amide bonds. The Morgan fingerprint density at radius 2 is 1.77 bits per heavy atom. The predicted molar refractivity (Wildman–Crippen MR) is 121 cm³/mol. The van der Waals surface area contributed by atoms with E-state index in [0.29, 0.717) is 17.1 Å². The summed E-state index contributed by atoms with van der Waals surface area (Å²) in [5, 5.41) is 5.58. The molecule has 3 rings (SSSR count). The van der Waals surface area contributed by atoms with Crippen LogP contribution in [-0.2, 0) is 14.3 Å². The number of hydrazone groups is 1. The lowest BCUT2D eigenvalue weighted by Crippen LogP contribution is -2.44. The summed E-state index contributed by atoms with van der Waals surface area (Å²) in [6.07, 6.45) is -0.756.